The van der Waals surface area contributed by atoms with Crippen molar-refractivity contribution in [3.8, 4) is 5.75 Å². The van der Waals surface area contributed by atoms with Gasteiger partial charge in [-0.15, -0.1) is 0 Å². The van der Waals surface area contributed by atoms with Gasteiger partial charge in [0.25, 0.3) is 5.56 Å². The smallest absolute Gasteiger partial charge is 0.332 e. The van der Waals surface area contributed by atoms with Crippen LogP contribution in [0.5, 0.6) is 5.75 Å². The van der Waals surface area contributed by atoms with Crippen molar-refractivity contribution >= 4 is 17.1 Å². The van der Waals surface area contributed by atoms with Crippen LogP contribution in [-0.2, 0) is 20.6 Å². The maximum absolute atomic E-state index is 13.1. The van der Waals surface area contributed by atoms with Crippen LogP contribution >= 0.6 is 0 Å². The highest BCUT2D eigenvalue weighted by atomic mass is 16.5. The lowest BCUT2D eigenvalue weighted by molar-refractivity contribution is 0.0935. The number of imidazole rings is 1. The van der Waals surface area contributed by atoms with Crippen molar-refractivity contribution in [2.24, 2.45) is 14.1 Å². The summed E-state index contributed by atoms with van der Waals surface area (Å²) in [5.41, 5.74) is 0.846. The van der Waals surface area contributed by atoms with Gasteiger partial charge in [0.2, 0.25) is 5.95 Å². The Morgan fingerprint density at radius 2 is 1.85 bits per heavy atom. The second-order valence-corrected chi connectivity index (χ2v) is 8.60. The molecule has 0 saturated carbocycles. The molecular weight excluding hydrogens is 424 g/mol. The molecule has 1 aliphatic heterocycles. The van der Waals surface area contributed by atoms with Gasteiger partial charge < -0.3 is 24.2 Å². The Morgan fingerprint density at radius 3 is 2.52 bits per heavy atom. The number of ether oxygens (including phenoxy) is 1. The number of aliphatic hydroxyl groups is 1. The number of aryl methyl sites for hydroxylation is 2. The molecule has 10 nitrogen and oxygen atoms in total. The van der Waals surface area contributed by atoms with Crippen LogP contribution in [0.2, 0.25) is 0 Å². The van der Waals surface area contributed by atoms with Crippen LogP contribution in [0, 0.1) is 6.92 Å². The summed E-state index contributed by atoms with van der Waals surface area (Å²) >= 11 is 0. The molecule has 0 radical (unpaired) electrons. The highest BCUT2D eigenvalue weighted by Gasteiger charge is 2.26. The van der Waals surface area contributed by atoms with E-state index in [0.717, 1.165) is 42.9 Å². The normalized spacial score (nSPS) is 15.8. The molecule has 0 bridgehead atoms. The number of hydrogen-bond acceptors (Lipinski definition) is 7. The van der Waals surface area contributed by atoms with Crippen LogP contribution in [0.3, 0.4) is 0 Å². The second kappa shape index (κ2) is 9.40. The zero-order valence-corrected chi connectivity index (χ0v) is 19.7. The fourth-order valence-corrected chi connectivity index (χ4v) is 4.27. The Labute approximate surface area is 192 Å². The van der Waals surface area contributed by atoms with Crippen molar-refractivity contribution in [2.45, 2.75) is 26.5 Å². The Hall–Kier alpha value is -3.11. The van der Waals surface area contributed by atoms with Crippen LogP contribution in [-0.4, -0.2) is 74.1 Å². The quantitative estimate of drug-likeness (QED) is 0.547. The second-order valence-electron chi connectivity index (χ2n) is 8.60. The van der Waals surface area contributed by atoms with E-state index < -0.39 is 17.4 Å². The average molecular weight is 457 g/mol. The summed E-state index contributed by atoms with van der Waals surface area (Å²) in [7, 11) is 3.07. The van der Waals surface area contributed by atoms with Gasteiger partial charge >= 0.3 is 5.69 Å². The first-order chi connectivity index (χ1) is 15.8. The molecule has 0 aliphatic carbocycles. The van der Waals surface area contributed by atoms with Crippen LogP contribution < -0.4 is 20.9 Å². The molecule has 33 heavy (non-hydrogen) atoms. The maximum Gasteiger partial charge on any atom is 0.332 e. The van der Waals surface area contributed by atoms with Crippen molar-refractivity contribution in [2.75, 3.05) is 44.2 Å². The first-order valence-electron chi connectivity index (χ1n) is 11.3. The maximum atomic E-state index is 13.1. The number of anilines is 1. The molecule has 3 heterocycles. The highest BCUT2D eigenvalue weighted by molar-refractivity contribution is 5.74. The molecule has 0 spiro atoms. The average Bonchev–Trinajstić information content (AvgIpc) is 3.19. The lowest BCUT2D eigenvalue weighted by Gasteiger charge is -2.35. The predicted octanol–water partition coefficient (Wildman–Crippen LogP) is 0.324. The summed E-state index contributed by atoms with van der Waals surface area (Å²) in [5.74, 6) is 1.27. The van der Waals surface area contributed by atoms with Gasteiger partial charge in [-0.25, -0.2) is 4.79 Å². The van der Waals surface area contributed by atoms with Crippen LogP contribution in [0.4, 0.5) is 5.95 Å². The Balaban J connectivity index is 1.68. The van der Waals surface area contributed by atoms with E-state index in [2.05, 4.69) is 16.7 Å². The monoisotopic (exact) mass is 456 g/mol. The summed E-state index contributed by atoms with van der Waals surface area (Å²) < 4.78 is 9.98. The lowest BCUT2D eigenvalue weighted by atomic mass is 10.2. The topological polar surface area (TPSA) is 97.8 Å². The van der Waals surface area contributed by atoms with E-state index in [1.165, 1.54) is 11.6 Å². The molecule has 1 N–H and O–H groups in total. The molecule has 2 aromatic heterocycles. The first kappa shape index (κ1) is 23.1. The molecule has 0 amide bonds. The fraction of sp³-hybridized carbons (Fsp3) is 0.522. The van der Waals surface area contributed by atoms with Gasteiger partial charge in [-0.2, -0.15) is 4.98 Å². The summed E-state index contributed by atoms with van der Waals surface area (Å²) in [6, 6.07) is 7.63. The third-order valence-electron chi connectivity index (χ3n) is 6.26. The van der Waals surface area contributed by atoms with Gasteiger partial charge in [0, 0.05) is 40.3 Å². The molecule has 1 unspecified atom stereocenters. The fourth-order valence-electron chi connectivity index (χ4n) is 4.27. The minimum Gasteiger partial charge on any atom is -0.491 e. The minimum atomic E-state index is -0.875. The zero-order chi connectivity index (χ0) is 23.7. The summed E-state index contributed by atoms with van der Waals surface area (Å²) in [6.45, 7) is 8.56. The molecule has 1 aliphatic rings. The van der Waals surface area contributed by atoms with Crippen molar-refractivity contribution in [3.05, 3.63) is 50.7 Å². The van der Waals surface area contributed by atoms with Gasteiger partial charge in [-0.3, -0.25) is 13.9 Å². The number of benzene rings is 1. The number of aromatic nitrogens is 4. The Morgan fingerprint density at radius 1 is 1.12 bits per heavy atom. The SMILES string of the molecule is CCN1CCN(c2nc3c(c(=O)n(C)c(=O)n3C)n2CC(O)COc2cccc(C)c2)CC1. The van der Waals surface area contributed by atoms with Crippen molar-refractivity contribution < 1.29 is 9.84 Å². The first-order valence-corrected chi connectivity index (χ1v) is 11.3. The lowest BCUT2D eigenvalue weighted by Crippen LogP contribution is -2.47. The third-order valence-corrected chi connectivity index (χ3v) is 6.26. The predicted molar refractivity (Wildman–Crippen MR) is 127 cm³/mol. The Bertz CT molecular complexity index is 1250. The van der Waals surface area contributed by atoms with Crippen LogP contribution in [0.25, 0.3) is 11.2 Å². The van der Waals surface area contributed by atoms with Gasteiger partial charge in [0.05, 0.1) is 6.54 Å². The minimum absolute atomic E-state index is 0.0677. The van der Waals surface area contributed by atoms with E-state index in [4.69, 9.17) is 9.72 Å². The van der Waals surface area contributed by atoms with E-state index in [1.807, 2.05) is 31.2 Å². The van der Waals surface area contributed by atoms with E-state index in [-0.39, 0.29) is 13.2 Å². The van der Waals surface area contributed by atoms with E-state index in [1.54, 1.807) is 11.6 Å². The molecule has 3 aromatic rings. The van der Waals surface area contributed by atoms with Crippen molar-refractivity contribution in [1.29, 1.82) is 0 Å². The number of likely N-dealkylation sites (N-methyl/N-ethyl adjacent to an activating group) is 1. The Kier molecular flexibility index (Phi) is 6.57. The van der Waals surface area contributed by atoms with Gasteiger partial charge in [-0.1, -0.05) is 19.1 Å². The largest absolute Gasteiger partial charge is 0.491 e. The van der Waals surface area contributed by atoms with Gasteiger partial charge in [0.1, 0.15) is 18.5 Å². The zero-order valence-electron chi connectivity index (χ0n) is 19.7. The number of fused-ring (bicyclic) bond motifs is 1. The molecule has 1 fully saturated rings. The van der Waals surface area contributed by atoms with E-state index >= 15 is 0 Å². The molecule has 10 heteroatoms. The molecule has 178 valence electrons. The molecular formula is C23H32N6O4. The van der Waals surface area contributed by atoms with E-state index in [9.17, 15) is 14.7 Å². The van der Waals surface area contributed by atoms with Crippen LogP contribution in [0.1, 0.15) is 12.5 Å². The van der Waals surface area contributed by atoms with Crippen LogP contribution in [0.15, 0.2) is 33.9 Å². The van der Waals surface area contributed by atoms with Crippen molar-refractivity contribution in [1.82, 2.24) is 23.6 Å². The molecule has 1 saturated heterocycles. The standard InChI is InChI=1S/C23H32N6O4/c1-5-27-9-11-28(12-10-27)22-24-20-19(21(31)26(4)23(32)25(20)3)29(22)14-17(30)15-33-18-8-6-7-16(2)13-18/h6-8,13,17,30H,5,9-12,14-15H2,1-4H3. The molecule has 1 aromatic carbocycles. The number of nitrogens with zero attached hydrogens (tertiary/aromatic N) is 6. The number of rotatable bonds is 7. The molecule has 4 rings (SSSR count). The summed E-state index contributed by atoms with van der Waals surface area (Å²) in [5, 5.41) is 10.8. The van der Waals surface area contributed by atoms with Crippen molar-refractivity contribution in [3.63, 3.8) is 0 Å². The number of aliphatic hydroxyl groups excluding tert-OH is 1. The van der Waals surface area contributed by atoms with Gasteiger partial charge in [0.15, 0.2) is 11.2 Å². The summed E-state index contributed by atoms with van der Waals surface area (Å²) in [6.07, 6.45) is -0.875. The summed E-state index contributed by atoms with van der Waals surface area (Å²) in [4.78, 5) is 34.7. The number of hydrogen-bond donors (Lipinski definition) is 1. The highest BCUT2D eigenvalue weighted by Crippen LogP contribution is 2.22. The molecule has 1 atom stereocenters. The number of piperazine rings is 1. The third kappa shape index (κ3) is 4.53. The van der Waals surface area contributed by atoms with E-state index in [0.29, 0.717) is 22.9 Å². The van der Waals surface area contributed by atoms with Gasteiger partial charge in [-0.05, 0) is 31.2 Å².